The van der Waals surface area contributed by atoms with Gasteiger partial charge in [0.25, 0.3) is 0 Å². The monoisotopic (exact) mass is 670 g/mol. The van der Waals surface area contributed by atoms with Crippen LogP contribution < -0.4 is 20.9 Å². The van der Waals surface area contributed by atoms with E-state index in [0.29, 0.717) is 35.7 Å². The Balaban J connectivity index is 1.18. The molecule has 0 saturated heterocycles. The largest absolute Gasteiger partial charge is 0.484 e. The van der Waals surface area contributed by atoms with Crippen molar-refractivity contribution in [3.8, 4) is 11.5 Å². The third kappa shape index (κ3) is 15.1. The third-order valence-electron chi connectivity index (χ3n) is 6.97. The fraction of sp³-hybridized carbons (Fsp3) is 0.361. The number of nitrogens with two attached hydrogens (primary N) is 2. The van der Waals surface area contributed by atoms with Crippen LogP contribution in [0.5, 0.6) is 11.5 Å². The first-order valence-electron chi connectivity index (χ1n) is 15.8. The second kappa shape index (κ2) is 19.6. The van der Waals surface area contributed by atoms with E-state index in [4.69, 9.17) is 25.7 Å². The van der Waals surface area contributed by atoms with Gasteiger partial charge in [0.2, 0.25) is 0 Å². The molecule has 0 fully saturated rings. The Hall–Kier alpha value is -5.00. The normalized spacial score (nSPS) is 11.3. The zero-order valence-corrected chi connectivity index (χ0v) is 26.6. The van der Waals surface area contributed by atoms with E-state index in [1.807, 2.05) is 0 Å². The van der Waals surface area contributed by atoms with E-state index < -0.39 is 30.7 Å². The lowest BCUT2D eigenvalue weighted by Gasteiger charge is -2.09. The zero-order chi connectivity index (χ0) is 34.8. The number of rotatable bonds is 19. The summed E-state index contributed by atoms with van der Waals surface area (Å²) in [6, 6.07) is 16.3. The number of carbonyl (C=O) groups is 3. The molecule has 4 N–H and O–H groups in total. The van der Waals surface area contributed by atoms with Gasteiger partial charge in [-0.05, 0) is 79.1 Å². The van der Waals surface area contributed by atoms with Gasteiger partial charge in [-0.1, -0.05) is 57.1 Å². The first-order valence-corrected chi connectivity index (χ1v) is 15.8. The van der Waals surface area contributed by atoms with Crippen molar-refractivity contribution >= 4 is 35.4 Å². The predicted octanol–water partition coefficient (Wildman–Crippen LogP) is 7.94. The first kappa shape index (κ1) is 37.5. The Morgan fingerprint density at radius 3 is 1.71 bits per heavy atom. The first-order chi connectivity index (χ1) is 23.0. The molecule has 3 aromatic rings. The zero-order valence-electron chi connectivity index (χ0n) is 26.6. The number of esters is 3. The molecule has 0 unspecified atom stereocenters. The number of alkyl halides is 3. The van der Waals surface area contributed by atoms with E-state index >= 15 is 0 Å². The van der Waals surface area contributed by atoms with Crippen LogP contribution in [0.3, 0.4) is 0 Å². The van der Waals surface area contributed by atoms with Crippen molar-refractivity contribution in [1.82, 2.24) is 0 Å². The second-order valence-corrected chi connectivity index (χ2v) is 11.1. The second-order valence-electron chi connectivity index (χ2n) is 11.1. The number of benzene rings is 3. The van der Waals surface area contributed by atoms with E-state index in [1.54, 1.807) is 48.5 Å². The summed E-state index contributed by atoms with van der Waals surface area (Å²) in [6.45, 7) is -0.718. The quantitative estimate of drug-likeness (QED) is 0.0428. The summed E-state index contributed by atoms with van der Waals surface area (Å²) in [5, 5.41) is 0. The maximum atomic E-state index is 12.3. The van der Waals surface area contributed by atoms with E-state index in [2.05, 4.69) is 4.74 Å². The molecule has 0 aromatic heterocycles. The Kier molecular flexibility index (Phi) is 15.3. The van der Waals surface area contributed by atoms with Gasteiger partial charge in [-0.15, -0.1) is 0 Å². The molecule has 0 radical (unpaired) electrons. The standard InChI is InChI=1S/C36H41F3N2O7/c37-36(38,39)25-47-31-17-13-27(14-18-31)35(44)48-32-15-10-26(11-16-32)12-19-33(42)45-20-8-6-4-2-1-3-5-7-9-21-46-34(43)28-22-29(40)24-30(41)23-28/h10-19,22-24H,1-9,20-21,25,40-41H2. The highest BCUT2D eigenvalue weighted by Gasteiger charge is 2.28. The Morgan fingerprint density at radius 1 is 0.625 bits per heavy atom. The van der Waals surface area contributed by atoms with Crippen molar-refractivity contribution in [2.75, 3.05) is 31.3 Å². The Morgan fingerprint density at radius 2 is 1.15 bits per heavy atom. The smallest absolute Gasteiger partial charge is 0.422 e. The minimum Gasteiger partial charge on any atom is -0.484 e. The summed E-state index contributed by atoms with van der Waals surface area (Å²) < 4.78 is 57.3. The van der Waals surface area contributed by atoms with Gasteiger partial charge in [0, 0.05) is 17.5 Å². The molecule has 0 heterocycles. The van der Waals surface area contributed by atoms with E-state index in [1.165, 1.54) is 30.3 Å². The molecule has 258 valence electrons. The molecule has 0 bridgehead atoms. The van der Waals surface area contributed by atoms with Gasteiger partial charge >= 0.3 is 24.1 Å². The van der Waals surface area contributed by atoms with Crippen LogP contribution in [-0.2, 0) is 14.3 Å². The van der Waals surface area contributed by atoms with Crippen LogP contribution >= 0.6 is 0 Å². The molecular formula is C36H41F3N2O7. The summed E-state index contributed by atoms with van der Waals surface area (Å²) in [6.07, 6.45) is 7.50. The summed E-state index contributed by atoms with van der Waals surface area (Å²) in [5.41, 5.74) is 13.5. The van der Waals surface area contributed by atoms with Crippen LogP contribution in [0, 0.1) is 0 Å². The van der Waals surface area contributed by atoms with Gasteiger partial charge in [-0.25, -0.2) is 14.4 Å². The lowest BCUT2D eigenvalue weighted by atomic mass is 10.1. The SMILES string of the molecule is Nc1cc(N)cc(C(=O)OCCCCCCCCCCCOC(=O)C=Cc2ccc(OC(=O)c3ccc(OCC(F)(F)F)cc3)cc2)c1. The van der Waals surface area contributed by atoms with Crippen molar-refractivity contribution in [2.24, 2.45) is 0 Å². The molecule has 0 amide bonds. The van der Waals surface area contributed by atoms with Crippen molar-refractivity contribution in [2.45, 2.75) is 64.0 Å². The topological polar surface area (TPSA) is 140 Å². The van der Waals surface area contributed by atoms with Gasteiger partial charge in [-0.3, -0.25) is 0 Å². The third-order valence-corrected chi connectivity index (χ3v) is 6.97. The molecule has 9 nitrogen and oxygen atoms in total. The molecule has 48 heavy (non-hydrogen) atoms. The predicted molar refractivity (Wildman–Crippen MR) is 176 cm³/mol. The summed E-state index contributed by atoms with van der Waals surface area (Å²) in [5.74, 6) is -1.30. The lowest BCUT2D eigenvalue weighted by Crippen LogP contribution is -2.19. The highest BCUT2D eigenvalue weighted by molar-refractivity contribution is 5.92. The van der Waals surface area contributed by atoms with Crippen LogP contribution in [0.4, 0.5) is 24.5 Å². The summed E-state index contributed by atoms with van der Waals surface area (Å²) in [7, 11) is 0. The fourth-order valence-electron chi connectivity index (χ4n) is 4.53. The van der Waals surface area contributed by atoms with Gasteiger partial charge < -0.3 is 30.4 Å². The number of hydrogen-bond donors (Lipinski definition) is 2. The molecule has 0 aliphatic heterocycles. The van der Waals surface area contributed by atoms with Crippen LogP contribution in [0.25, 0.3) is 6.08 Å². The highest BCUT2D eigenvalue weighted by atomic mass is 19.4. The molecule has 12 heteroatoms. The number of carbonyl (C=O) groups excluding carboxylic acids is 3. The molecular weight excluding hydrogens is 629 g/mol. The van der Waals surface area contributed by atoms with Crippen LogP contribution in [-0.4, -0.2) is 43.9 Å². The highest BCUT2D eigenvalue weighted by Crippen LogP contribution is 2.21. The maximum absolute atomic E-state index is 12.3. The average molecular weight is 671 g/mol. The molecule has 0 aliphatic carbocycles. The minimum atomic E-state index is -4.46. The van der Waals surface area contributed by atoms with Crippen molar-refractivity contribution in [1.29, 1.82) is 0 Å². The Labute approximate surface area is 278 Å². The van der Waals surface area contributed by atoms with Crippen molar-refractivity contribution < 1.29 is 46.5 Å². The van der Waals surface area contributed by atoms with Gasteiger partial charge in [0.1, 0.15) is 11.5 Å². The molecule has 0 saturated carbocycles. The van der Waals surface area contributed by atoms with Crippen molar-refractivity contribution in [3.05, 3.63) is 89.5 Å². The fourth-order valence-corrected chi connectivity index (χ4v) is 4.53. The van der Waals surface area contributed by atoms with E-state index in [-0.39, 0.29) is 17.1 Å². The molecule has 0 aliphatic rings. The number of unbranched alkanes of at least 4 members (excludes halogenated alkanes) is 8. The van der Waals surface area contributed by atoms with E-state index in [9.17, 15) is 27.6 Å². The number of hydrogen-bond acceptors (Lipinski definition) is 9. The van der Waals surface area contributed by atoms with E-state index in [0.717, 1.165) is 57.8 Å². The maximum Gasteiger partial charge on any atom is 0.422 e. The number of halogens is 3. The minimum absolute atomic E-state index is 0.0178. The molecule has 3 rings (SSSR count). The molecule has 0 atom stereocenters. The van der Waals surface area contributed by atoms with Gasteiger partial charge in [0.15, 0.2) is 6.61 Å². The lowest BCUT2D eigenvalue weighted by molar-refractivity contribution is -0.153. The molecule has 3 aromatic carbocycles. The Bertz CT molecular complexity index is 1470. The van der Waals surface area contributed by atoms with Crippen LogP contribution in [0.2, 0.25) is 0 Å². The van der Waals surface area contributed by atoms with Gasteiger partial charge in [-0.2, -0.15) is 13.2 Å². The molecule has 0 spiro atoms. The number of ether oxygens (including phenoxy) is 4. The van der Waals surface area contributed by atoms with Crippen LogP contribution in [0.1, 0.15) is 84.1 Å². The van der Waals surface area contributed by atoms with Crippen molar-refractivity contribution in [3.63, 3.8) is 0 Å². The van der Waals surface area contributed by atoms with Crippen LogP contribution in [0.15, 0.2) is 72.8 Å². The number of nitrogen functional groups attached to an aromatic ring is 2. The number of anilines is 2. The summed E-state index contributed by atoms with van der Waals surface area (Å²) >= 11 is 0. The van der Waals surface area contributed by atoms with Gasteiger partial charge in [0.05, 0.1) is 24.3 Å². The summed E-state index contributed by atoms with van der Waals surface area (Å²) in [4.78, 5) is 36.4. The average Bonchev–Trinajstić information content (AvgIpc) is 3.05.